The van der Waals surface area contributed by atoms with Gasteiger partial charge in [0, 0.05) is 25.5 Å². The van der Waals surface area contributed by atoms with Gasteiger partial charge in [0.1, 0.15) is 5.52 Å². The summed E-state index contributed by atoms with van der Waals surface area (Å²) in [7, 11) is 0. The van der Waals surface area contributed by atoms with Gasteiger partial charge in [0.05, 0.1) is 6.20 Å². The van der Waals surface area contributed by atoms with Gasteiger partial charge < -0.3 is 10.6 Å². The van der Waals surface area contributed by atoms with Crippen molar-refractivity contribution in [1.29, 1.82) is 0 Å². The summed E-state index contributed by atoms with van der Waals surface area (Å²) in [5.41, 5.74) is 1.01. The summed E-state index contributed by atoms with van der Waals surface area (Å²) in [6.45, 7) is 5.05. The van der Waals surface area contributed by atoms with Gasteiger partial charge in [-0.3, -0.25) is 0 Å². The Morgan fingerprint density at radius 3 is 3.06 bits per heavy atom. The minimum Gasteiger partial charge on any atom is -0.367 e. The predicted molar refractivity (Wildman–Crippen MR) is 64.6 cm³/mol. The van der Waals surface area contributed by atoms with E-state index in [1.807, 2.05) is 16.8 Å². The lowest BCUT2D eigenvalue weighted by molar-refractivity contribution is 0.687. The van der Waals surface area contributed by atoms with E-state index in [0.717, 1.165) is 37.4 Å². The van der Waals surface area contributed by atoms with Crippen molar-refractivity contribution in [2.24, 2.45) is 0 Å². The van der Waals surface area contributed by atoms with Crippen LogP contribution in [0.2, 0.25) is 0 Å². The SMILES string of the molecule is CCCNCCNc1nccn2nccc12. The average molecular weight is 219 g/mol. The summed E-state index contributed by atoms with van der Waals surface area (Å²) >= 11 is 0. The minimum atomic E-state index is 0.873. The Morgan fingerprint density at radius 1 is 1.25 bits per heavy atom. The van der Waals surface area contributed by atoms with Gasteiger partial charge in [-0.25, -0.2) is 9.50 Å². The van der Waals surface area contributed by atoms with Crippen molar-refractivity contribution < 1.29 is 0 Å². The Hall–Kier alpha value is -1.62. The molecule has 86 valence electrons. The van der Waals surface area contributed by atoms with Gasteiger partial charge in [0.25, 0.3) is 0 Å². The number of rotatable bonds is 6. The van der Waals surface area contributed by atoms with Crippen molar-refractivity contribution in [3.8, 4) is 0 Å². The summed E-state index contributed by atoms with van der Waals surface area (Å²) in [6.07, 6.45) is 6.53. The second-order valence-electron chi connectivity index (χ2n) is 3.61. The minimum absolute atomic E-state index is 0.873. The molecule has 2 rings (SSSR count). The maximum Gasteiger partial charge on any atom is 0.152 e. The van der Waals surface area contributed by atoms with Crippen LogP contribution in [-0.2, 0) is 0 Å². The first-order chi connectivity index (χ1) is 7.92. The van der Waals surface area contributed by atoms with E-state index in [9.17, 15) is 0 Å². The zero-order chi connectivity index (χ0) is 11.2. The second kappa shape index (κ2) is 5.46. The molecule has 0 amide bonds. The highest BCUT2D eigenvalue weighted by Gasteiger charge is 2.00. The molecule has 0 bridgehead atoms. The molecule has 0 saturated heterocycles. The zero-order valence-corrected chi connectivity index (χ0v) is 9.48. The number of anilines is 1. The molecule has 0 fully saturated rings. The van der Waals surface area contributed by atoms with Gasteiger partial charge >= 0.3 is 0 Å². The molecule has 0 radical (unpaired) electrons. The zero-order valence-electron chi connectivity index (χ0n) is 9.48. The molecule has 0 aliphatic heterocycles. The lowest BCUT2D eigenvalue weighted by Gasteiger charge is -2.07. The van der Waals surface area contributed by atoms with Crippen LogP contribution in [-0.4, -0.2) is 34.2 Å². The molecule has 0 unspecified atom stereocenters. The quantitative estimate of drug-likeness (QED) is 0.715. The van der Waals surface area contributed by atoms with E-state index >= 15 is 0 Å². The lowest BCUT2D eigenvalue weighted by atomic mass is 10.4. The van der Waals surface area contributed by atoms with Crippen LogP contribution in [0.15, 0.2) is 24.7 Å². The fourth-order valence-electron chi connectivity index (χ4n) is 1.56. The largest absolute Gasteiger partial charge is 0.367 e. The summed E-state index contributed by atoms with van der Waals surface area (Å²) in [6, 6.07) is 1.95. The Morgan fingerprint density at radius 2 is 2.19 bits per heavy atom. The van der Waals surface area contributed by atoms with Crippen molar-refractivity contribution in [3.05, 3.63) is 24.7 Å². The van der Waals surface area contributed by atoms with Crippen LogP contribution in [0, 0.1) is 0 Å². The highest BCUT2D eigenvalue weighted by molar-refractivity contribution is 5.66. The van der Waals surface area contributed by atoms with E-state index in [-0.39, 0.29) is 0 Å². The summed E-state index contributed by atoms with van der Waals surface area (Å²) < 4.78 is 1.81. The van der Waals surface area contributed by atoms with Crippen molar-refractivity contribution >= 4 is 11.3 Å². The number of aromatic nitrogens is 3. The fourth-order valence-corrected chi connectivity index (χ4v) is 1.56. The molecule has 2 N–H and O–H groups in total. The molecule has 2 aromatic heterocycles. The highest BCUT2D eigenvalue weighted by Crippen LogP contribution is 2.11. The summed E-state index contributed by atoms with van der Waals surface area (Å²) in [5.74, 6) is 0.887. The molecule has 0 spiro atoms. The van der Waals surface area contributed by atoms with Gasteiger partial charge in [-0.2, -0.15) is 5.10 Å². The Labute approximate surface area is 94.9 Å². The molecule has 5 heteroatoms. The van der Waals surface area contributed by atoms with Crippen LogP contribution in [0.25, 0.3) is 5.52 Å². The predicted octanol–water partition coefficient (Wildman–Crippen LogP) is 1.14. The topological polar surface area (TPSA) is 54.2 Å². The van der Waals surface area contributed by atoms with Gasteiger partial charge in [0.15, 0.2) is 5.82 Å². The molecule has 5 nitrogen and oxygen atoms in total. The van der Waals surface area contributed by atoms with Crippen LogP contribution >= 0.6 is 0 Å². The molecule has 0 aliphatic carbocycles. The third-order valence-electron chi connectivity index (χ3n) is 2.35. The van der Waals surface area contributed by atoms with Crippen LogP contribution in [0.4, 0.5) is 5.82 Å². The van der Waals surface area contributed by atoms with E-state index in [0.29, 0.717) is 0 Å². The second-order valence-corrected chi connectivity index (χ2v) is 3.61. The monoisotopic (exact) mass is 219 g/mol. The van der Waals surface area contributed by atoms with Crippen molar-refractivity contribution in [3.63, 3.8) is 0 Å². The Bertz CT molecular complexity index is 437. The molecular weight excluding hydrogens is 202 g/mol. The smallest absolute Gasteiger partial charge is 0.152 e. The maximum absolute atomic E-state index is 4.30. The average Bonchev–Trinajstić information content (AvgIpc) is 2.77. The number of nitrogens with one attached hydrogen (secondary N) is 2. The van der Waals surface area contributed by atoms with Gasteiger partial charge in [0.2, 0.25) is 0 Å². The molecule has 0 atom stereocenters. The van der Waals surface area contributed by atoms with E-state index < -0.39 is 0 Å². The first-order valence-corrected chi connectivity index (χ1v) is 5.64. The molecule has 0 saturated carbocycles. The number of hydrogen-bond acceptors (Lipinski definition) is 4. The molecular formula is C11H17N5. The van der Waals surface area contributed by atoms with Gasteiger partial charge in [-0.1, -0.05) is 6.92 Å². The first kappa shape index (κ1) is 10.9. The van der Waals surface area contributed by atoms with E-state index in [1.165, 1.54) is 0 Å². The molecule has 2 aromatic rings. The Kier molecular flexibility index (Phi) is 3.71. The first-order valence-electron chi connectivity index (χ1n) is 5.64. The van der Waals surface area contributed by atoms with E-state index in [2.05, 4.69) is 27.6 Å². The van der Waals surface area contributed by atoms with Crippen molar-refractivity contribution in [1.82, 2.24) is 19.9 Å². The molecule has 0 aliphatic rings. The van der Waals surface area contributed by atoms with Crippen molar-refractivity contribution in [2.75, 3.05) is 25.0 Å². The fraction of sp³-hybridized carbons (Fsp3) is 0.455. The summed E-state index contributed by atoms with van der Waals surface area (Å²) in [4.78, 5) is 4.30. The normalized spacial score (nSPS) is 10.8. The maximum atomic E-state index is 4.30. The van der Waals surface area contributed by atoms with Crippen molar-refractivity contribution in [2.45, 2.75) is 13.3 Å². The molecule has 0 aromatic carbocycles. The summed E-state index contributed by atoms with van der Waals surface area (Å²) in [5, 5.41) is 10.8. The van der Waals surface area contributed by atoms with Crippen LogP contribution < -0.4 is 10.6 Å². The number of fused-ring (bicyclic) bond motifs is 1. The lowest BCUT2D eigenvalue weighted by Crippen LogP contribution is -2.23. The van der Waals surface area contributed by atoms with Crippen LogP contribution in [0.3, 0.4) is 0 Å². The Balaban J connectivity index is 1.91. The van der Waals surface area contributed by atoms with Crippen LogP contribution in [0.1, 0.15) is 13.3 Å². The number of hydrogen-bond donors (Lipinski definition) is 2. The third-order valence-corrected chi connectivity index (χ3v) is 2.35. The van der Waals surface area contributed by atoms with Gasteiger partial charge in [-0.15, -0.1) is 0 Å². The van der Waals surface area contributed by atoms with Crippen LogP contribution in [0.5, 0.6) is 0 Å². The highest BCUT2D eigenvalue weighted by atomic mass is 15.2. The van der Waals surface area contributed by atoms with Gasteiger partial charge in [-0.05, 0) is 19.0 Å². The molecule has 16 heavy (non-hydrogen) atoms. The van der Waals surface area contributed by atoms with E-state index in [1.54, 1.807) is 12.4 Å². The molecule has 2 heterocycles. The standard InChI is InChI=1S/C11H17N5/c1-2-4-12-6-7-13-11-10-3-5-15-16(10)9-8-14-11/h3,5,8-9,12H,2,4,6-7H2,1H3,(H,13,14). The number of nitrogens with zero attached hydrogens (tertiary/aromatic N) is 3. The van der Waals surface area contributed by atoms with E-state index in [4.69, 9.17) is 0 Å². The third kappa shape index (κ3) is 2.49.